The second-order valence-electron chi connectivity index (χ2n) is 5.32. The fourth-order valence-electron chi connectivity index (χ4n) is 2.46. The van der Waals surface area contributed by atoms with Crippen molar-refractivity contribution in [2.24, 2.45) is 0 Å². The largest absolute Gasteiger partial charge is 0.367 e. The highest BCUT2D eigenvalue weighted by Crippen LogP contribution is 2.27. The molecule has 0 aromatic carbocycles. The Morgan fingerprint density at radius 3 is 3.05 bits per heavy atom. The van der Waals surface area contributed by atoms with E-state index in [2.05, 4.69) is 28.7 Å². The molecule has 1 saturated heterocycles. The molecule has 1 fully saturated rings. The first-order chi connectivity index (χ1) is 10.7. The number of aryl methyl sites for hydroxylation is 1. The van der Waals surface area contributed by atoms with Crippen LogP contribution in [0.1, 0.15) is 31.2 Å². The van der Waals surface area contributed by atoms with E-state index in [1.54, 1.807) is 11.3 Å². The standard InChI is InChI=1S/C15H19N3O2S2/c1-3-12-9-22-14(16-12)17-15(19)18-6-10(2)20-13(7-18)11-4-5-21-8-11/h4-5,8-10,13H,3,6-7H2,1-2H3,(H,16,17,19)/t10-,13+/m1/s1. The van der Waals surface area contributed by atoms with Crippen molar-refractivity contribution in [1.29, 1.82) is 0 Å². The Bertz CT molecular complexity index is 627. The van der Waals surface area contributed by atoms with Gasteiger partial charge in [-0.05, 0) is 35.7 Å². The second-order valence-corrected chi connectivity index (χ2v) is 6.96. The Morgan fingerprint density at radius 2 is 2.36 bits per heavy atom. The van der Waals surface area contributed by atoms with Gasteiger partial charge in [0, 0.05) is 11.9 Å². The fraction of sp³-hybridized carbons (Fsp3) is 0.467. The molecule has 5 nitrogen and oxygen atoms in total. The Labute approximate surface area is 137 Å². The van der Waals surface area contributed by atoms with Crippen LogP contribution in [0.4, 0.5) is 9.93 Å². The summed E-state index contributed by atoms with van der Waals surface area (Å²) in [6, 6.07) is 1.95. The molecule has 2 aromatic heterocycles. The Kier molecular flexibility index (Phi) is 4.75. The number of ether oxygens (including phenoxy) is 1. The van der Waals surface area contributed by atoms with Crippen molar-refractivity contribution >= 4 is 33.8 Å². The van der Waals surface area contributed by atoms with Crippen LogP contribution in [-0.4, -0.2) is 35.1 Å². The van der Waals surface area contributed by atoms with Crippen molar-refractivity contribution in [1.82, 2.24) is 9.88 Å². The van der Waals surface area contributed by atoms with Gasteiger partial charge in [0.05, 0.1) is 18.3 Å². The molecule has 1 N–H and O–H groups in total. The summed E-state index contributed by atoms with van der Waals surface area (Å²) >= 11 is 3.11. The molecule has 0 aliphatic carbocycles. The Balaban J connectivity index is 1.66. The molecule has 2 atom stereocenters. The van der Waals surface area contributed by atoms with Gasteiger partial charge in [0.15, 0.2) is 5.13 Å². The number of hydrogen-bond acceptors (Lipinski definition) is 5. The molecule has 2 aromatic rings. The normalized spacial score (nSPS) is 21.8. The quantitative estimate of drug-likeness (QED) is 0.928. The fourth-order valence-corrected chi connectivity index (χ4v) is 3.94. The molecular weight excluding hydrogens is 318 g/mol. The maximum Gasteiger partial charge on any atom is 0.323 e. The molecular formula is C15H19N3O2S2. The summed E-state index contributed by atoms with van der Waals surface area (Å²) in [5.74, 6) is 0. The van der Waals surface area contributed by atoms with Crippen LogP contribution in [0.2, 0.25) is 0 Å². The number of carbonyl (C=O) groups excluding carboxylic acids is 1. The lowest BCUT2D eigenvalue weighted by molar-refractivity contribution is -0.0640. The van der Waals surface area contributed by atoms with E-state index in [0.29, 0.717) is 18.2 Å². The van der Waals surface area contributed by atoms with E-state index in [-0.39, 0.29) is 18.2 Å². The summed E-state index contributed by atoms with van der Waals surface area (Å²) in [5, 5.41) is 9.64. The van der Waals surface area contributed by atoms with Crippen LogP contribution in [0.3, 0.4) is 0 Å². The Morgan fingerprint density at radius 1 is 1.50 bits per heavy atom. The lowest BCUT2D eigenvalue weighted by Crippen LogP contribution is -2.47. The van der Waals surface area contributed by atoms with Crippen LogP contribution in [0.25, 0.3) is 0 Å². The highest BCUT2D eigenvalue weighted by Gasteiger charge is 2.29. The number of anilines is 1. The summed E-state index contributed by atoms with van der Waals surface area (Å²) in [6.45, 7) is 5.21. The minimum atomic E-state index is -0.104. The van der Waals surface area contributed by atoms with Gasteiger partial charge in [0.1, 0.15) is 6.10 Å². The number of morpholine rings is 1. The molecule has 0 unspecified atom stereocenters. The summed E-state index contributed by atoms with van der Waals surface area (Å²) in [5.41, 5.74) is 2.14. The molecule has 1 aliphatic heterocycles. The van der Waals surface area contributed by atoms with Crippen molar-refractivity contribution in [3.05, 3.63) is 33.5 Å². The van der Waals surface area contributed by atoms with E-state index in [4.69, 9.17) is 4.74 Å². The number of nitrogens with zero attached hydrogens (tertiary/aromatic N) is 2. The zero-order chi connectivity index (χ0) is 15.5. The average molecular weight is 337 g/mol. The highest BCUT2D eigenvalue weighted by atomic mass is 32.1. The molecule has 3 rings (SSSR count). The monoisotopic (exact) mass is 337 g/mol. The molecule has 2 amide bonds. The maximum absolute atomic E-state index is 12.5. The lowest BCUT2D eigenvalue weighted by Gasteiger charge is -2.36. The summed E-state index contributed by atoms with van der Waals surface area (Å²) in [6.07, 6.45) is 0.844. The lowest BCUT2D eigenvalue weighted by atomic mass is 10.1. The van der Waals surface area contributed by atoms with E-state index in [0.717, 1.165) is 17.7 Å². The van der Waals surface area contributed by atoms with Gasteiger partial charge in [-0.15, -0.1) is 11.3 Å². The molecule has 1 aliphatic rings. The number of rotatable bonds is 3. The molecule has 3 heterocycles. The van der Waals surface area contributed by atoms with Crippen LogP contribution in [0.5, 0.6) is 0 Å². The van der Waals surface area contributed by atoms with Crippen LogP contribution in [0, 0.1) is 0 Å². The number of thiazole rings is 1. The van der Waals surface area contributed by atoms with Crippen molar-refractivity contribution in [2.75, 3.05) is 18.4 Å². The van der Waals surface area contributed by atoms with Gasteiger partial charge in [-0.2, -0.15) is 11.3 Å². The summed E-state index contributed by atoms with van der Waals surface area (Å²) in [7, 11) is 0. The highest BCUT2D eigenvalue weighted by molar-refractivity contribution is 7.13. The van der Waals surface area contributed by atoms with Crippen molar-refractivity contribution in [3.63, 3.8) is 0 Å². The van der Waals surface area contributed by atoms with E-state index in [9.17, 15) is 4.79 Å². The first kappa shape index (κ1) is 15.5. The van der Waals surface area contributed by atoms with Gasteiger partial charge in [0.2, 0.25) is 0 Å². The molecule has 0 radical (unpaired) electrons. The second kappa shape index (κ2) is 6.76. The number of hydrogen-bond donors (Lipinski definition) is 1. The number of amides is 2. The van der Waals surface area contributed by atoms with Crippen LogP contribution >= 0.6 is 22.7 Å². The summed E-state index contributed by atoms with van der Waals surface area (Å²) in [4.78, 5) is 18.6. The van der Waals surface area contributed by atoms with Gasteiger partial charge in [0.25, 0.3) is 0 Å². The SMILES string of the molecule is CCc1csc(NC(=O)N2C[C@@H](C)O[C@H](c3ccsc3)C2)n1. The predicted octanol–water partition coefficient (Wildman–Crippen LogP) is 3.76. The first-order valence-electron chi connectivity index (χ1n) is 7.33. The van der Waals surface area contributed by atoms with E-state index in [1.807, 2.05) is 22.6 Å². The number of nitrogens with one attached hydrogen (secondary N) is 1. The zero-order valence-electron chi connectivity index (χ0n) is 12.6. The van der Waals surface area contributed by atoms with Crippen LogP contribution in [-0.2, 0) is 11.2 Å². The van der Waals surface area contributed by atoms with Crippen LogP contribution in [0.15, 0.2) is 22.2 Å². The maximum atomic E-state index is 12.5. The van der Waals surface area contributed by atoms with Crippen molar-refractivity contribution in [3.8, 4) is 0 Å². The summed E-state index contributed by atoms with van der Waals surface area (Å²) < 4.78 is 5.95. The van der Waals surface area contributed by atoms with Crippen molar-refractivity contribution in [2.45, 2.75) is 32.5 Å². The number of carbonyl (C=O) groups is 1. The van der Waals surface area contributed by atoms with Crippen molar-refractivity contribution < 1.29 is 9.53 Å². The topological polar surface area (TPSA) is 54.5 Å². The van der Waals surface area contributed by atoms with Gasteiger partial charge >= 0.3 is 6.03 Å². The Hall–Kier alpha value is -1.44. The van der Waals surface area contributed by atoms with Gasteiger partial charge in [-0.1, -0.05) is 6.92 Å². The molecule has 0 spiro atoms. The number of thiophene rings is 1. The minimum absolute atomic E-state index is 0.0203. The van der Waals surface area contributed by atoms with Gasteiger partial charge < -0.3 is 9.64 Å². The first-order valence-corrected chi connectivity index (χ1v) is 9.16. The third-order valence-corrected chi connectivity index (χ3v) is 5.10. The predicted molar refractivity (Wildman–Crippen MR) is 89.7 cm³/mol. The smallest absolute Gasteiger partial charge is 0.323 e. The molecule has 118 valence electrons. The van der Waals surface area contributed by atoms with E-state index in [1.165, 1.54) is 11.3 Å². The number of urea groups is 1. The third-order valence-electron chi connectivity index (χ3n) is 3.59. The zero-order valence-corrected chi connectivity index (χ0v) is 14.2. The minimum Gasteiger partial charge on any atom is -0.367 e. The van der Waals surface area contributed by atoms with E-state index < -0.39 is 0 Å². The molecule has 0 bridgehead atoms. The van der Waals surface area contributed by atoms with E-state index >= 15 is 0 Å². The van der Waals surface area contributed by atoms with Gasteiger partial charge in [-0.25, -0.2) is 9.78 Å². The molecule has 0 saturated carbocycles. The number of aromatic nitrogens is 1. The molecule has 7 heteroatoms. The van der Waals surface area contributed by atoms with Crippen LogP contribution < -0.4 is 5.32 Å². The molecule has 22 heavy (non-hydrogen) atoms. The average Bonchev–Trinajstić information content (AvgIpc) is 3.18. The third kappa shape index (κ3) is 3.48. The van der Waals surface area contributed by atoms with Gasteiger partial charge in [-0.3, -0.25) is 5.32 Å².